The molecule has 0 aromatic heterocycles. The van der Waals surface area contributed by atoms with Crippen LogP contribution in [0.4, 0.5) is 4.79 Å². The van der Waals surface area contributed by atoms with E-state index >= 15 is 0 Å². The van der Waals surface area contributed by atoms with Crippen molar-refractivity contribution >= 4 is 18.5 Å². The zero-order valence-electron chi connectivity index (χ0n) is 14.0. The highest BCUT2D eigenvalue weighted by molar-refractivity contribution is 5.85. The molecule has 2 aromatic rings. The van der Waals surface area contributed by atoms with Crippen LogP contribution in [0.2, 0.25) is 0 Å². The van der Waals surface area contributed by atoms with Crippen molar-refractivity contribution in [2.24, 2.45) is 11.8 Å². The smallest absolute Gasteiger partial charge is 0.407 e. The van der Waals surface area contributed by atoms with Crippen LogP contribution in [0.25, 0.3) is 0 Å². The number of amides is 1. The number of alkyl carbamates (subject to hydrolysis) is 1. The fraction of sp³-hybridized carbons (Fsp3) is 0.350. The zero-order valence-corrected chi connectivity index (χ0v) is 14.8. The van der Waals surface area contributed by atoms with Gasteiger partial charge in [0.15, 0.2) is 0 Å². The highest BCUT2D eigenvalue weighted by Gasteiger charge is 2.66. The number of rotatable bonds is 5. The fourth-order valence-electron chi connectivity index (χ4n) is 4.18. The van der Waals surface area contributed by atoms with Gasteiger partial charge in [-0.15, -0.1) is 12.4 Å². The maximum atomic E-state index is 12.1. The molecule has 1 saturated carbocycles. The van der Waals surface area contributed by atoms with Crippen LogP contribution in [0.5, 0.6) is 0 Å². The first-order valence-electron chi connectivity index (χ1n) is 8.51. The van der Waals surface area contributed by atoms with E-state index in [1.165, 1.54) is 5.56 Å². The van der Waals surface area contributed by atoms with E-state index in [4.69, 9.17) is 4.74 Å². The number of carbonyl (C=O) groups excluding carboxylic acids is 1. The molecule has 4 rings (SSSR count). The molecular formula is C20H23ClN2O2. The zero-order chi connectivity index (χ0) is 16.4. The Morgan fingerprint density at radius 2 is 1.64 bits per heavy atom. The Bertz CT molecular complexity index is 698. The lowest BCUT2D eigenvalue weighted by molar-refractivity contribution is 0.138. The van der Waals surface area contributed by atoms with Crippen molar-refractivity contribution in [1.82, 2.24) is 10.6 Å². The van der Waals surface area contributed by atoms with Crippen LogP contribution >= 0.6 is 12.4 Å². The number of ether oxygens (including phenoxy) is 1. The number of benzene rings is 2. The van der Waals surface area contributed by atoms with Gasteiger partial charge in [0.05, 0.1) is 0 Å². The number of piperidine rings is 1. The van der Waals surface area contributed by atoms with Crippen molar-refractivity contribution in [1.29, 1.82) is 0 Å². The Morgan fingerprint density at radius 1 is 1.04 bits per heavy atom. The second-order valence-electron chi connectivity index (χ2n) is 6.69. The summed E-state index contributed by atoms with van der Waals surface area (Å²) in [5, 5.41) is 6.43. The van der Waals surface area contributed by atoms with E-state index < -0.39 is 0 Å². The molecule has 1 aliphatic carbocycles. The van der Waals surface area contributed by atoms with E-state index in [-0.39, 0.29) is 23.9 Å². The van der Waals surface area contributed by atoms with Crippen molar-refractivity contribution < 1.29 is 9.53 Å². The molecule has 25 heavy (non-hydrogen) atoms. The average Bonchev–Trinajstić information content (AvgIpc) is 2.99. The van der Waals surface area contributed by atoms with Crippen molar-refractivity contribution in [2.75, 3.05) is 19.6 Å². The molecule has 132 valence electrons. The van der Waals surface area contributed by atoms with Gasteiger partial charge < -0.3 is 15.4 Å². The van der Waals surface area contributed by atoms with Crippen LogP contribution in [-0.2, 0) is 16.8 Å². The largest absolute Gasteiger partial charge is 0.445 e. The molecule has 1 unspecified atom stereocenters. The lowest BCUT2D eigenvalue weighted by Gasteiger charge is -2.22. The molecule has 0 radical (unpaired) electrons. The third-order valence-electron chi connectivity index (χ3n) is 5.48. The standard InChI is InChI=1S/C20H22N2O2.ClH/c23-19(24-13-15-7-3-1-4-8-15)22-14-20(16-9-5-2-6-10-16)17-11-21-12-18(17)20;/h1-10,17-18,21H,11-14H2,(H,22,23);1H/t17-,18+,20?;. The van der Waals surface area contributed by atoms with Gasteiger partial charge in [0, 0.05) is 12.0 Å². The lowest BCUT2D eigenvalue weighted by Crippen LogP contribution is -2.38. The molecule has 2 aliphatic rings. The lowest BCUT2D eigenvalue weighted by atomic mass is 9.90. The van der Waals surface area contributed by atoms with Gasteiger partial charge in [-0.3, -0.25) is 0 Å². The summed E-state index contributed by atoms with van der Waals surface area (Å²) < 4.78 is 5.34. The molecular weight excluding hydrogens is 336 g/mol. The van der Waals surface area contributed by atoms with Gasteiger partial charge in [-0.1, -0.05) is 60.7 Å². The highest BCUT2D eigenvalue weighted by atomic mass is 35.5. The Balaban J connectivity index is 0.00000182. The third-order valence-corrected chi connectivity index (χ3v) is 5.48. The van der Waals surface area contributed by atoms with Gasteiger partial charge in [-0.05, 0) is 36.1 Å². The van der Waals surface area contributed by atoms with E-state index in [1.54, 1.807) is 0 Å². The van der Waals surface area contributed by atoms with Gasteiger partial charge in [-0.2, -0.15) is 0 Å². The first-order valence-corrected chi connectivity index (χ1v) is 8.51. The van der Waals surface area contributed by atoms with Crippen molar-refractivity contribution in [2.45, 2.75) is 12.0 Å². The van der Waals surface area contributed by atoms with Crippen LogP contribution in [-0.4, -0.2) is 25.7 Å². The number of hydrogen-bond donors (Lipinski definition) is 2. The number of carbonyl (C=O) groups is 1. The van der Waals surface area contributed by atoms with Gasteiger partial charge in [0.1, 0.15) is 6.61 Å². The topological polar surface area (TPSA) is 50.4 Å². The Morgan fingerprint density at radius 3 is 2.28 bits per heavy atom. The van der Waals surface area contributed by atoms with Crippen molar-refractivity contribution in [3.8, 4) is 0 Å². The minimum atomic E-state index is -0.341. The van der Waals surface area contributed by atoms with Gasteiger partial charge in [0.25, 0.3) is 0 Å². The predicted molar refractivity (Wildman–Crippen MR) is 99.8 cm³/mol. The van der Waals surface area contributed by atoms with E-state index in [2.05, 4.69) is 34.9 Å². The molecule has 1 heterocycles. The summed E-state index contributed by atoms with van der Waals surface area (Å²) >= 11 is 0. The Labute approximate surface area is 154 Å². The summed E-state index contributed by atoms with van der Waals surface area (Å²) in [6, 6.07) is 20.3. The molecule has 2 aromatic carbocycles. The van der Waals surface area contributed by atoms with Gasteiger partial charge in [-0.25, -0.2) is 4.79 Å². The molecule has 0 spiro atoms. The molecule has 0 bridgehead atoms. The number of halogens is 1. The van der Waals surface area contributed by atoms with E-state index in [1.807, 2.05) is 36.4 Å². The molecule has 2 fully saturated rings. The minimum absolute atomic E-state index is 0. The molecule has 1 saturated heterocycles. The third kappa shape index (κ3) is 3.37. The Kier molecular flexibility index (Phi) is 5.30. The molecule has 4 nitrogen and oxygen atoms in total. The molecule has 5 heteroatoms. The quantitative estimate of drug-likeness (QED) is 0.863. The highest BCUT2D eigenvalue weighted by Crippen LogP contribution is 2.61. The number of hydrogen-bond acceptors (Lipinski definition) is 3. The van der Waals surface area contributed by atoms with Crippen LogP contribution in [0.3, 0.4) is 0 Å². The first-order chi connectivity index (χ1) is 11.8. The van der Waals surface area contributed by atoms with E-state index in [9.17, 15) is 4.79 Å². The average molecular weight is 359 g/mol. The number of fused-ring (bicyclic) bond motifs is 1. The molecule has 2 N–H and O–H groups in total. The summed E-state index contributed by atoms with van der Waals surface area (Å²) in [6.07, 6.45) is -0.341. The second-order valence-corrected chi connectivity index (χ2v) is 6.69. The summed E-state index contributed by atoms with van der Waals surface area (Å²) in [5.41, 5.74) is 2.39. The second kappa shape index (κ2) is 7.46. The summed E-state index contributed by atoms with van der Waals surface area (Å²) in [5.74, 6) is 1.21. The maximum absolute atomic E-state index is 12.1. The molecule has 1 aliphatic heterocycles. The van der Waals surface area contributed by atoms with Crippen LogP contribution in [0.15, 0.2) is 60.7 Å². The summed E-state index contributed by atoms with van der Waals surface area (Å²) in [6.45, 7) is 3.00. The monoisotopic (exact) mass is 358 g/mol. The SMILES string of the molecule is Cl.O=C(NCC1(c2ccccc2)[C@@H]2CNC[C@@H]21)OCc1ccccc1. The van der Waals surface area contributed by atoms with Crippen molar-refractivity contribution in [3.05, 3.63) is 71.8 Å². The van der Waals surface area contributed by atoms with Crippen molar-refractivity contribution in [3.63, 3.8) is 0 Å². The van der Waals surface area contributed by atoms with E-state index in [0.717, 1.165) is 18.7 Å². The summed E-state index contributed by atoms with van der Waals surface area (Å²) in [7, 11) is 0. The fourth-order valence-corrected chi connectivity index (χ4v) is 4.18. The van der Waals surface area contributed by atoms with Crippen LogP contribution in [0, 0.1) is 11.8 Å². The first kappa shape index (κ1) is 17.8. The van der Waals surface area contributed by atoms with Gasteiger partial charge >= 0.3 is 6.09 Å². The summed E-state index contributed by atoms with van der Waals surface area (Å²) in [4.78, 5) is 12.1. The number of nitrogens with one attached hydrogen (secondary N) is 2. The predicted octanol–water partition coefficient (Wildman–Crippen LogP) is 3.12. The minimum Gasteiger partial charge on any atom is -0.445 e. The molecule has 3 atom stereocenters. The van der Waals surface area contributed by atoms with Gasteiger partial charge in [0.2, 0.25) is 0 Å². The van der Waals surface area contributed by atoms with Crippen LogP contribution in [0.1, 0.15) is 11.1 Å². The maximum Gasteiger partial charge on any atom is 0.407 e. The Hall–Kier alpha value is -2.04. The van der Waals surface area contributed by atoms with E-state index in [0.29, 0.717) is 25.0 Å². The normalized spacial score (nSPS) is 26.2. The van der Waals surface area contributed by atoms with Crippen LogP contribution < -0.4 is 10.6 Å². The molecule has 1 amide bonds.